The third kappa shape index (κ3) is 4.16. The van der Waals surface area contributed by atoms with Gasteiger partial charge in [-0.25, -0.2) is 4.39 Å². The molecule has 0 bridgehead atoms. The Hall–Kier alpha value is -0.640. The van der Waals surface area contributed by atoms with E-state index in [-0.39, 0.29) is 5.82 Å². The lowest BCUT2D eigenvalue weighted by atomic mass is 9.87. The third-order valence-corrected chi connectivity index (χ3v) is 4.12. The Morgan fingerprint density at radius 3 is 2.84 bits per heavy atom. The normalized spacial score (nSPS) is 18.5. The minimum absolute atomic E-state index is 0.221. The first kappa shape index (κ1) is 14.8. The average molecular weight is 286 g/mol. The van der Waals surface area contributed by atoms with Crippen molar-refractivity contribution >= 4 is 11.6 Å². The first-order valence-corrected chi connectivity index (χ1v) is 7.33. The maximum atomic E-state index is 13.3. The summed E-state index contributed by atoms with van der Waals surface area (Å²) in [7, 11) is 0. The van der Waals surface area contributed by atoms with Crippen LogP contribution in [0.4, 0.5) is 4.39 Å². The number of hydrogen-bond acceptors (Lipinski definition) is 2. The zero-order valence-corrected chi connectivity index (χ0v) is 12.0. The van der Waals surface area contributed by atoms with Crippen molar-refractivity contribution in [2.45, 2.75) is 32.2 Å². The van der Waals surface area contributed by atoms with Gasteiger partial charge in [-0.15, -0.1) is 0 Å². The molecule has 1 atom stereocenters. The lowest BCUT2D eigenvalue weighted by Crippen LogP contribution is -2.40. The molecule has 0 aromatic heterocycles. The number of nitrogens with one attached hydrogen (secondary N) is 1. The van der Waals surface area contributed by atoms with E-state index in [2.05, 4.69) is 12.2 Å². The predicted octanol–water partition coefficient (Wildman–Crippen LogP) is 3.43. The molecule has 1 heterocycles. The Kier molecular flexibility index (Phi) is 5.61. The smallest absolute Gasteiger partial charge is 0.123 e. The van der Waals surface area contributed by atoms with E-state index in [0.717, 1.165) is 44.6 Å². The minimum Gasteiger partial charge on any atom is -0.381 e. The van der Waals surface area contributed by atoms with Gasteiger partial charge in [0.15, 0.2) is 0 Å². The molecule has 0 radical (unpaired) electrons. The Balaban J connectivity index is 2.08. The fraction of sp³-hybridized carbons (Fsp3) is 0.600. The van der Waals surface area contributed by atoms with E-state index < -0.39 is 0 Å². The number of halogens is 2. The lowest BCUT2D eigenvalue weighted by Gasteiger charge is -2.31. The number of ether oxygens (including phenoxy) is 1. The van der Waals surface area contributed by atoms with E-state index in [1.807, 2.05) is 0 Å². The van der Waals surface area contributed by atoms with Gasteiger partial charge in [-0.05, 0) is 55.5 Å². The molecular formula is C15H21ClFNO. The summed E-state index contributed by atoms with van der Waals surface area (Å²) in [6.07, 6.45) is 2.89. The van der Waals surface area contributed by atoms with E-state index in [1.54, 1.807) is 12.1 Å². The molecule has 1 aliphatic rings. The molecule has 1 aromatic rings. The number of likely N-dealkylation sites (N-methyl/N-ethyl adjacent to an activating group) is 1. The average Bonchev–Trinajstić information content (AvgIpc) is 2.43. The van der Waals surface area contributed by atoms with E-state index in [0.29, 0.717) is 17.0 Å². The van der Waals surface area contributed by atoms with Crippen LogP contribution in [0.5, 0.6) is 0 Å². The van der Waals surface area contributed by atoms with Crippen LogP contribution >= 0.6 is 11.6 Å². The standard InChI is InChI=1S/C15H21ClFNO/c1-2-18-15(11-5-7-19-8-6-11)10-12-9-13(17)3-4-14(12)16/h3-4,9,11,15,18H,2,5-8,10H2,1H3. The van der Waals surface area contributed by atoms with Gasteiger partial charge in [-0.3, -0.25) is 0 Å². The second kappa shape index (κ2) is 7.22. The van der Waals surface area contributed by atoms with Gasteiger partial charge in [0.25, 0.3) is 0 Å². The fourth-order valence-electron chi connectivity index (χ4n) is 2.72. The van der Waals surface area contributed by atoms with Gasteiger partial charge in [0.05, 0.1) is 0 Å². The van der Waals surface area contributed by atoms with Crippen LogP contribution in [0.25, 0.3) is 0 Å². The van der Waals surface area contributed by atoms with E-state index in [1.165, 1.54) is 6.07 Å². The maximum Gasteiger partial charge on any atom is 0.123 e. The third-order valence-electron chi connectivity index (χ3n) is 3.75. The summed E-state index contributed by atoms with van der Waals surface area (Å²) in [6, 6.07) is 4.93. The Labute approximate surface area is 119 Å². The Morgan fingerprint density at radius 1 is 1.42 bits per heavy atom. The fourth-order valence-corrected chi connectivity index (χ4v) is 2.92. The Morgan fingerprint density at radius 2 is 2.16 bits per heavy atom. The van der Waals surface area contributed by atoms with Crippen molar-refractivity contribution in [2.75, 3.05) is 19.8 Å². The second-order valence-corrected chi connectivity index (χ2v) is 5.46. The highest BCUT2D eigenvalue weighted by Crippen LogP contribution is 2.25. The van der Waals surface area contributed by atoms with Gasteiger partial charge >= 0.3 is 0 Å². The molecule has 1 aliphatic heterocycles. The molecule has 0 saturated carbocycles. The Bertz CT molecular complexity index is 407. The molecule has 2 nitrogen and oxygen atoms in total. The van der Waals surface area contributed by atoms with Crippen LogP contribution in [0.3, 0.4) is 0 Å². The van der Waals surface area contributed by atoms with Crippen LogP contribution in [0, 0.1) is 11.7 Å². The topological polar surface area (TPSA) is 21.3 Å². The van der Waals surface area contributed by atoms with Crippen molar-refractivity contribution < 1.29 is 9.13 Å². The van der Waals surface area contributed by atoms with E-state index >= 15 is 0 Å². The van der Waals surface area contributed by atoms with Crippen LogP contribution in [-0.2, 0) is 11.2 Å². The summed E-state index contributed by atoms with van der Waals surface area (Å²) in [5.41, 5.74) is 0.888. The summed E-state index contributed by atoms with van der Waals surface area (Å²) in [5, 5.41) is 4.16. The van der Waals surface area contributed by atoms with Crippen LogP contribution in [0.2, 0.25) is 5.02 Å². The monoisotopic (exact) mass is 285 g/mol. The van der Waals surface area contributed by atoms with Crippen LogP contribution in [0.15, 0.2) is 18.2 Å². The summed E-state index contributed by atoms with van der Waals surface area (Å²) in [5.74, 6) is 0.356. The molecule has 0 aliphatic carbocycles. The van der Waals surface area contributed by atoms with Gasteiger partial charge in [-0.2, -0.15) is 0 Å². The van der Waals surface area contributed by atoms with Crippen LogP contribution < -0.4 is 5.32 Å². The van der Waals surface area contributed by atoms with Crippen molar-refractivity contribution in [2.24, 2.45) is 5.92 Å². The van der Waals surface area contributed by atoms with Crippen LogP contribution in [0.1, 0.15) is 25.3 Å². The van der Waals surface area contributed by atoms with Crippen molar-refractivity contribution in [3.05, 3.63) is 34.6 Å². The van der Waals surface area contributed by atoms with E-state index in [4.69, 9.17) is 16.3 Å². The molecule has 4 heteroatoms. The molecule has 1 unspecified atom stereocenters. The van der Waals surface area contributed by atoms with Crippen LogP contribution in [-0.4, -0.2) is 25.8 Å². The van der Waals surface area contributed by atoms with Crippen molar-refractivity contribution in [1.29, 1.82) is 0 Å². The summed E-state index contributed by atoms with van der Waals surface area (Å²) < 4.78 is 18.7. The molecule has 1 saturated heterocycles. The SMILES string of the molecule is CCNC(Cc1cc(F)ccc1Cl)C1CCOCC1. The molecule has 106 valence electrons. The largest absolute Gasteiger partial charge is 0.381 e. The number of rotatable bonds is 5. The number of benzene rings is 1. The predicted molar refractivity (Wildman–Crippen MR) is 76.1 cm³/mol. The van der Waals surface area contributed by atoms with Gasteiger partial charge in [0.2, 0.25) is 0 Å². The first-order chi connectivity index (χ1) is 9.20. The zero-order valence-electron chi connectivity index (χ0n) is 11.3. The van der Waals surface area contributed by atoms with E-state index in [9.17, 15) is 4.39 Å². The highest BCUT2D eigenvalue weighted by molar-refractivity contribution is 6.31. The first-order valence-electron chi connectivity index (χ1n) is 6.95. The van der Waals surface area contributed by atoms with Gasteiger partial charge < -0.3 is 10.1 Å². The second-order valence-electron chi connectivity index (χ2n) is 5.05. The molecule has 1 fully saturated rings. The van der Waals surface area contributed by atoms with Gasteiger partial charge in [0, 0.05) is 24.3 Å². The highest BCUT2D eigenvalue weighted by Gasteiger charge is 2.24. The molecule has 1 N–H and O–H groups in total. The molecular weight excluding hydrogens is 265 g/mol. The van der Waals surface area contributed by atoms with Gasteiger partial charge in [0.1, 0.15) is 5.82 Å². The lowest BCUT2D eigenvalue weighted by molar-refractivity contribution is 0.0540. The molecule has 0 amide bonds. The zero-order chi connectivity index (χ0) is 13.7. The number of hydrogen-bond donors (Lipinski definition) is 1. The molecule has 19 heavy (non-hydrogen) atoms. The molecule has 2 rings (SSSR count). The summed E-state index contributed by atoms with van der Waals surface area (Å²) in [4.78, 5) is 0. The summed E-state index contributed by atoms with van der Waals surface area (Å²) >= 11 is 6.16. The maximum absolute atomic E-state index is 13.3. The highest BCUT2D eigenvalue weighted by atomic mass is 35.5. The quantitative estimate of drug-likeness (QED) is 0.895. The minimum atomic E-state index is -0.221. The molecule has 1 aromatic carbocycles. The van der Waals surface area contributed by atoms with Crippen molar-refractivity contribution in [3.8, 4) is 0 Å². The summed E-state index contributed by atoms with van der Waals surface area (Å²) in [6.45, 7) is 4.65. The van der Waals surface area contributed by atoms with Crippen molar-refractivity contribution in [1.82, 2.24) is 5.32 Å². The van der Waals surface area contributed by atoms with Gasteiger partial charge in [-0.1, -0.05) is 18.5 Å². The van der Waals surface area contributed by atoms with Crippen molar-refractivity contribution in [3.63, 3.8) is 0 Å². The molecule has 0 spiro atoms.